The number of aryl methyl sites for hydroxylation is 2. The van der Waals surface area contributed by atoms with Crippen LogP contribution in [0.3, 0.4) is 0 Å². The smallest absolute Gasteiger partial charge is 0.342 e. The number of fused-ring (bicyclic) bond motifs is 1. The predicted molar refractivity (Wildman–Crippen MR) is 107 cm³/mol. The third kappa shape index (κ3) is 4.03. The molecule has 29 heavy (non-hydrogen) atoms. The summed E-state index contributed by atoms with van der Waals surface area (Å²) in [5.41, 5.74) is 2.74. The molecule has 0 fully saturated rings. The Kier molecular flexibility index (Phi) is 5.77. The van der Waals surface area contributed by atoms with Crippen molar-refractivity contribution in [3.63, 3.8) is 0 Å². The van der Waals surface area contributed by atoms with Crippen molar-refractivity contribution in [3.05, 3.63) is 63.0 Å². The number of esters is 1. The van der Waals surface area contributed by atoms with Crippen molar-refractivity contribution in [1.82, 2.24) is 0 Å². The molecule has 1 aromatic heterocycles. The molecule has 0 amide bonds. The van der Waals surface area contributed by atoms with Crippen molar-refractivity contribution in [2.75, 3.05) is 21.3 Å². The molecule has 1 heterocycles. The topological polar surface area (TPSA) is 84.2 Å². The first-order chi connectivity index (χ1) is 13.9. The largest absolute Gasteiger partial charge is 0.496 e. The van der Waals surface area contributed by atoms with Crippen LogP contribution in [-0.4, -0.2) is 27.3 Å². The summed E-state index contributed by atoms with van der Waals surface area (Å²) in [6.45, 7) is 3.80. The first-order valence-electron chi connectivity index (χ1n) is 8.89. The van der Waals surface area contributed by atoms with E-state index in [1.807, 2.05) is 19.9 Å². The molecule has 7 heteroatoms. The van der Waals surface area contributed by atoms with Crippen LogP contribution in [0.15, 0.2) is 39.5 Å². The molecule has 0 aliphatic carbocycles. The van der Waals surface area contributed by atoms with Gasteiger partial charge in [-0.05, 0) is 37.1 Å². The van der Waals surface area contributed by atoms with Crippen LogP contribution in [-0.2, 0) is 11.3 Å². The summed E-state index contributed by atoms with van der Waals surface area (Å²) in [7, 11) is 4.41. The standard InChI is InChI=1S/C22H22O7/c1-12-6-15-14(8-21(23)29-18(15)7-13(12)2)11-28-22(24)16-9-19(26-4)20(27-5)10-17(16)25-3/h6-10H,11H2,1-5H3. The van der Waals surface area contributed by atoms with Crippen molar-refractivity contribution in [3.8, 4) is 17.2 Å². The van der Waals surface area contributed by atoms with Gasteiger partial charge in [-0.1, -0.05) is 0 Å². The molecule has 0 N–H and O–H groups in total. The minimum atomic E-state index is -0.618. The normalized spacial score (nSPS) is 10.7. The summed E-state index contributed by atoms with van der Waals surface area (Å²) < 4.78 is 26.5. The van der Waals surface area contributed by atoms with E-state index < -0.39 is 11.6 Å². The second-order valence-electron chi connectivity index (χ2n) is 6.51. The van der Waals surface area contributed by atoms with Gasteiger partial charge in [-0.15, -0.1) is 0 Å². The molecule has 7 nitrogen and oxygen atoms in total. The van der Waals surface area contributed by atoms with E-state index in [1.165, 1.54) is 33.5 Å². The van der Waals surface area contributed by atoms with E-state index in [1.54, 1.807) is 12.1 Å². The number of methoxy groups -OCH3 is 3. The molecule has 0 spiro atoms. The Morgan fingerprint density at radius 3 is 2.14 bits per heavy atom. The van der Waals surface area contributed by atoms with Crippen LogP contribution in [0.1, 0.15) is 27.0 Å². The van der Waals surface area contributed by atoms with E-state index in [4.69, 9.17) is 23.4 Å². The van der Waals surface area contributed by atoms with Gasteiger partial charge in [0.05, 0.1) is 21.3 Å². The molecule has 0 radical (unpaired) electrons. The lowest BCUT2D eigenvalue weighted by atomic mass is 10.0. The molecule has 0 saturated carbocycles. The Balaban J connectivity index is 1.94. The molecule has 0 atom stereocenters. The summed E-state index contributed by atoms with van der Waals surface area (Å²) in [5.74, 6) is 0.472. The summed E-state index contributed by atoms with van der Waals surface area (Å²) in [6.07, 6.45) is 0. The highest BCUT2D eigenvalue weighted by Gasteiger charge is 2.20. The van der Waals surface area contributed by atoms with Crippen molar-refractivity contribution >= 4 is 16.9 Å². The van der Waals surface area contributed by atoms with Crippen LogP contribution in [0.25, 0.3) is 11.0 Å². The van der Waals surface area contributed by atoms with Gasteiger partial charge in [-0.3, -0.25) is 0 Å². The fraction of sp³-hybridized carbons (Fsp3) is 0.273. The van der Waals surface area contributed by atoms with E-state index >= 15 is 0 Å². The number of carbonyl (C=O) groups is 1. The number of hydrogen-bond acceptors (Lipinski definition) is 7. The number of hydrogen-bond donors (Lipinski definition) is 0. The van der Waals surface area contributed by atoms with Crippen molar-refractivity contribution < 1.29 is 28.2 Å². The van der Waals surface area contributed by atoms with Crippen LogP contribution in [0, 0.1) is 13.8 Å². The highest BCUT2D eigenvalue weighted by Crippen LogP contribution is 2.35. The van der Waals surface area contributed by atoms with Crippen LogP contribution >= 0.6 is 0 Å². The average Bonchev–Trinajstić information content (AvgIpc) is 2.71. The molecular weight excluding hydrogens is 376 g/mol. The third-order valence-electron chi connectivity index (χ3n) is 4.73. The highest BCUT2D eigenvalue weighted by molar-refractivity contribution is 5.94. The SMILES string of the molecule is COc1cc(OC)c(C(=O)OCc2cc(=O)oc3cc(C)c(C)cc23)cc1OC. The Morgan fingerprint density at radius 1 is 0.862 bits per heavy atom. The lowest BCUT2D eigenvalue weighted by Crippen LogP contribution is -2.10. The second kappa shape index (κ2) is 8.26. The van der Waals surface area contributed by atoms with E-state index in [-0.39, 0.29) is 17.9 Å². The number of rotatable bonds is 6. The molecule has 0 bridgehead atoms. The number of carbonyl (C=O) groups excluding carboxylic acids is 1. The van der Waals surface area contributed by atoms with Crippen molar-refractivity contribution in [1.29, 1.82) is 0 Å². The average molecular weight is 398 g/mol. The second-order valence-corrected chi connectivity index (χ2v) is 6.51. The minimum absolute atomic E-state index is 0.0963. The van der Waals surface area contributed by atoms with Gasteiger partial charge in [-0.25, -0.2) is 9.59 Å². The Hall–Kier alpha value is -3.48. The highest BCUT2D eigenvalue weighted by atomic mass is 16.5. The van der Waals surface area contributed by atoms with Crippen molar-refractivity contribution in [2.45, 2.75) is 20.5 Å². The fourth-order valence-corrected chi connectivity index (χ4v) is 3.01. The lowest BCUT2D eigenvalue weighted by molar-refractivity contribution is 0.0469. The molecule has 0 unspecified atom stereocenters. The van der Waals surface area contributed by atoms with Gasteiger partial charge in [0.15, 0.2) is 11.5 Å². The zero-order chi connectivity index (χ0) is 21.1. The maximum absolute atomic E-state index is 12.7. The van der Waals surface area contributed by atoms with Gasteiger partial charge in [-0.2, -0.15) is 0 Å². The predicted octanol–water partition coefficient (Wildman–Crippen LogP) is 3.79. The molecule has 3 rings (SSSR count). The lowest BCUT2D eigenvalue weighted by Gasteiger charge is -2.14. The van der Waals surface area contributed by atoms with Gasteiger partial charge in [0, 0.05) is 29.1 Å². The number of benzene rings is 2. The van der Waals surface area contributed by atoms with E-state index in [0.717, 1.165) is 16.5 Å². The monoisotopic (exact) mass is 398 g/mol. The van der Waals surface area contributed by atoms with E-state index in [9.17, 15) is 9.59 Å². The summed E-state index contributed by atoms with van der Waals surface area (Å²) in [4.78, 5) is 24.6. The molecule has 3 aromatic rings. The summed E-state index contributed by atoms with van der Waals surface area (Å²) in [6, 6.07) is 8.08. The maximum Gasteiger partial charge on any atom is 0.342 e. The third-order valence-corrected chi connectivity index (χ3v) is 4.73. The fourth-order valence-electron chi connectivity index (χ4n) is 3.01. The van der Waals surface area contributed by atoms with E-state index in [2.05, 4.69) is 0 Å². The number of ether oxygens (including phenoxy) is 4. The van der Waals surface area contributed by atoms with Gasteiger partial charge in [0.2, 0.25) is 0 Å². The first-order valence-corrected chi connectivity index (χ1v) is 8.89. The van der Waals surface area contributed by atoms with Crippen LogP contribution in [0.5, 0.6) is 17.2 Å². The summed E-state index contributed by atoms with van der Waals surface area (Å²) >= 11 is 0. The molecule has 152 valence electrons. The van der Waals surface area contributed by atoms with Gasteiger partial charge < -0.3 is 23.4 Å². The molecule has 0 aliphatic heterocycles. The molecule has 2 aromatic carbocycles. The van der Waals surface area contributed by atoms with Gasteiger partial charge in [0.25, 0.3) is 0 Å². The maximum atomic E-state index is 12.7. The van der Waals surface area contributed by atoms with Crippen LogP contribution in [0.2, 0.25) is 0 Å². The molecule has 0 aliphatic rings. The van der Waals surface area contributed by atoms with Gasteiger partial charge >= 0.3 is 11.6 Å². The zero-order valence-electron chi connectivity index (χ0n) is 17.0. The van der Waals surface area contributed by atoms with Crippen molar-refractivity contribution in [2.24, 2.45) is 0 Å². The Labute approximate surface area is 167 Å². The molecular formula is C22H22O7. The molecule has 0 saturated heterocycles. The first kappa shape index (κ1) is 20.3. The Morgan fingerprint density at radius 2 is 1.48 bits per heavy atom. The quantitative estimate of drug-likeness (QED) is 0.461. The Bertz CT molecular complexity index is 1130. The van der Waals surface area contributed by atoms with Crippen LogP contribution < -0.4 is 19.8 Å². The minimum Gasteiger partial charge on any atom is -0.496 e. The van der Waals surface area contributed by atoms with Gasteiger partial charge in [0.1, 0.15) is 23.5 Å². The zero-order valence-corrected chi connectivity index (χ0v) is 17.0. The van der Waals surface area contributed by atoms with E-state index in [0.29, 0.717) is 22.6 Å². The summed E-state index contributed by atoms with van der Waals surface area (Å²) in [5, 5.41) is 0.722. The van der Waals surface area contributed by atoms with Crippen LogP contribution in [0.4, 0.5) is 0 Å².